The molecule has 1 aliphatic rings. The van der Waals surface area contributed by atoms with Crippen molar-refractivity contribution in [1.29, 1.82) is 0 Å². The minimum atomic E-state index is 0.652. The van der Waals surface area contributed by atoms with Crippen LogP contribution < -0.4 is 9.64 Å². The third-order valence-corrected chi connectivity index (χ3v) is 5.73. The van der Waals surface area contributed by atoms with Crippen molar-refractivity contribution in [3.63, 3.8) is 0 Å². The van der Waals surface area contributed by atoms with E-state index in [0.717, 1.165) is 37.5 Å². The van der Waals surface area contributed by atoms with E-state index in [1.807, 2.05) is 24.3 Å². The SMILES string of the molecule is COc1ccc(N2CCN(Cc3nc(-c4ccc(SC)cc4)no3)CC2)cc1. The summed E-state index contributed by atoms with van der Waals surface area (Å²) in [5.41, 5.74) is 2.21. The van der Waals surface area contributed by atoms with Gasteiger partial charge in [0.2, 0.25) is 11.7 Å². The van der Waals surface area contributed by atoms with Gasteiger partial charge in [-0.2, -0.15) is 4.98 Å². The predicted molar refractivity (Wildman–Crippen MR) is 112 cm³/mol. The highest BCUT2D eigenvalue weighted by Gasteiger charge is 2.20. The van der Waals surface area contributed by atoms with Gasteiger partial charge in [-0.25, -0.2) is 0 Å². The van der Waals surface area contributed by atoms with Crippen LogP contribution in [0.25, 0.3) is 11.4 Å². The van der Waals surface area contributed by atoms with E-state index in [-0.39, 0.29) is 0 Å². The third kappa shape index (κ3) is 4.31. The minimum Gasteiger partial charge on any atom is -0.497 e. The lowest BCUT2D eigenvalue weighted by atomic mass is 10.2. The quantitative estimate of drug-likeness (QED) is 0.588. The zero-order valence-corrected chi connectivity index (χ0v) is 17.0. The molecule has 2 heterocycles. The lowest BCUT2D eigenvalue weighted by Crippen LogP contribution is -2.46. The van der Waals surface area contributed by atoms with Gasteiger partial charge in [0.1, 0.15) is 5.75 Å². The Hall–Kier alpha value is -2.51. The fourth-order valence-corrected chi connectivity index (χ4v) is 3.73. The first-order valence-corrected chi connectivity index (χ1v) is 10.6. The van der Waals surface area contributed by atoms with Crippen LogP contribution in [0, 0.1) is 0 Å². The zero-order valence-electron chi connectivity index (χ0n) is 16.2. The topological polar surface area (TPSA) is 54.6 Å². The first kappa shape index (κ1) is 18.8. The van der Waals surface area contributed by atoms with Crippen molar-refractivity contribution >= 4 is 17.4 Å². The molecule has 0 bridgehead atoms. The summed E-state index contributed by atoms with van der Waals surface area (Å²) in [7, 11) is 1.69. The van der Waals surface area contributed by atoms with Gasteiger partial charge in [0.15, 0.2) is 0 Å². The fourth-order valence-electron chi connectivity index (χ4n) is 3.32. The molecule has 28 heavy (non-hydrogen) atoms. The molecule has 1 aliphatic heterocycles. The molecule has 146 valence electrons. The number of piperazine rings is 1. The van der Waals surface area contributed by atoms with Crippen molar-refractivity contribution in [2.75, 3.05) is 44.4 Å². The molecular weight excluding hydrogens is 372 g/mol. The van der Waals surface area contributed by atoms with E-state index in [4.69, 9.17) is 9.26 Å². The Kier molecular flexibility index (Phi) is 5.83. The molecule has 0 spiro atoms. The largest absolute Gasteiger partial charge is 0.497 e. The van der Waals surface area contributed by atoms with E-state index >= 15 is 0 Å². The molecule has 0 amide bonds. The van der Waals surface area contributed by atoms with E-state index in [1.165, 1.54) is 10.6 Å². The number of ether oxygens (including phenoxy) is 1. The Morgan fingerprint density at radius 3 is 2.36 bits per heavy atom. The van der Waals surface area contributed by atoms with Crippen molar-refractivity contribution in [3.05, 3.63) is 54.4 Å². The maximum absolute atomic E-state index is 5.48. The molecule has 1 saturated heterocycles. The van der Waals surface area contributed by atoms with Crippen LogP contribution in [0.15, 0.2) is 57.9 Å². The number of benzene rings is 2. The van der Waals surface area contributed by atoms with Crippen LogP contribution in [0.1, 0.15) is 5.89 Å². The highest BCUT2D eigenvalue weighted by molar-refractivity contribution is 7.98. The summed E-state index contributed by atoms with van der Waals surface area (Å²) in [6.07, 6.45) is 2.07. The first-order valence-electron chi connectivity index (χ1n) is 9.33. The van der Waals surface area contributed by atoms with E-state index in [0.29, 0.717) is 18.3 Å². The Bertz CT molecular complexity index is 888. The maximum atomic E-state index is 5.48. The Labute approximate surface area is 169 Å². The minimum absolute atomic E-state index is 0.652. The maximum Gasteiger partial charge on any atom is 0.241 e. The summed E-state index contributed by atoms with van der Waals surface area (Å²) in [5.74, 6) is 2.21. The summed E-state index contributed by atoms with van der Waals surface area (Å²) < 4.78 is 10.7. The predicted octanol–water partition coefficient (Wildman–Crippen LogP) is 3.79. The summed E-state index contributed by atoms with van der Waals surface area (Å²) in [6.45, 7) is 4.57. The molecule has 0 N–H and O–H groups in total. The molecule has 0 atom stereocenters. The highest BCUT2D eigenvalue weighted by atomic mass is 32.2. The van der Waals surface area contributed by atoms with E-state index in [1.54, 1.807) is 18.9 Å². The second kappa shape index (κ2) is 8.67. The van der Waals surface area contributed by atoms with Gasteiger partial charge in [-0.05, 0) is 54.8 Å². The Morgan fingerprint density at radius 2 is 1.71 bits per heavy atom. The number of methoxy groups -OCH3 is 1. The van der Waals surface area contributed by atoms with Gasteiger partial charge in [0.05, 0.1) is 13.7 Å². The Balaban J connectivity index is 1.32. The molecular formula is C21H24N4O2S. The van der Waals surface area contributed by atoms with Crippen molar-refractivity contribution in [1.82, 2.24) is 15.0 Å². The molecule has 6 nitrogen and oxygen atoms in total. The van der Waals surface area contributed by atoms with E-state index < -0.39 is 0 Å². The van der Waals surface area contributed by atoms with Crippen LogP contribution in [-0.4, -0.2) is 54.6 Å². The summed E-state index contributed by atoms with van der Waals surface area (Å²) in [4.78, 5) is 10.5. The van der Waals surface area contributed by atoms with Crippen LogP contribution in [0.4, 0.5) is 5.69 Å². The van der Waals surface area contributed by atoms with Gasteiger partial charge in [-0.1, -0.05) is 5.16 Å². The molecule has 3 aromatic rings. The summed E-state index contributed by atoms with van der Waals surface area (Å²) in [6, 6.07) is 16.5. The number of thioether (sulfide) groups is 1. The second-order valence-electron chi connectivity index (χ2n) is 6.70. The molecule has 0 saturated carbocycles. The van der Waals surface area contributed by atoms with Gasteiger partial charge in [-0.3, -0.25) is 4.90 Å². The van der Waals surface area contributed by atoms with Gasteiger partial charge in [-0.15, -0.1) is 11.8 Å². The molecule has 0 aliphatic carbocycles. The van der Waals surface area contributed by atoms with Gasteiger partial charge < -0.3 is 14.2 Å². The summed E-state index contributed by atoms with van der Waals surface area (Å²) in [5, 5.41) is 4.14. The monoisotopic (exact) mass is 396 g/mol. The van der Waals surface area contributed by atoms with Crippen LogP contribution in [0.5, 0.6) is 5.75 Å². The summed E-state index contributed by atoms with van der Waals surface area (Å²) >= 11 is 1.72. The standard InChI is InChI=1S/C21H24N4O2S/c1-26-18-7-5-17(6-8-18)25-13-11-24(12-14-25)15-20-22-21(23-27-20)16-3-9-19(28-2)10-4-16/h3-10H,11-15H2,1-2H3. The van der Waals surface area contributed by atoms with Gasteiger partial charge in [0, 0.05) is 42.3 Å². The van der Waals surface area contributed by atoms with Crippen molar-refractivity contribution in [2.24, 2.45) is 0 Å². The highest BCUT2D eigenvalue weighted by Crippen LogP contribution is 2.23. The lowest BCUT2D eigenvalue weighted by molar-refractivity contribution is 0.215. The molecule has 4 rings (SSSR count). The third-order valence-electron chi connectivity index (χ3n) is 4.99. The van der Waals surface area contributed by atoms with Gasteiger partial charge in [0.25, 0.3) is 0 Å². The van der Waals surface area contributed by atoms with Crippen LogP contribution in [-0.2, 0) is 6.54 Å². The molecule has 0 radical (unpaired) electrons. The molecule has 7 heteroatoms. The van der Waals surface area contributed by atoms with E-state index in [2.05, 4.69) is 50.5 Å². The number of hydrogen-bond acceptors (Lipinski definition) is 7. The average molecular weight is 397 g/mol. The van der Waals surface area contributed by atoms with E-state index in [9.17, 15) is 0 Å². The molecule has 2 aromatic carbocycles. The lowest BCUT2D eigenvalue weighted by Gasteiger charge is -2.35. The number of anilines is 1. The average Bonchev–Trinajstić information content (AvgIpc) is 3.23. The number of hydrogen-bond donors (Lipinski definition) is 0. The van der Waals surface area contributed by atoms with Crippen LogP contribution in [0.2, 0.25) is 0 Å². The van der Waals surface area contributed by atoms with Crippen LogP contribution in [0.3, 0.4) is 0 Å². The van der Waals surface area contributed by atoms with Crippen molar-refractivity contribution in [2.45, 2.75) is 11.4 Å². The van der Waals surface area contributed by atoms with Gasteiger partial charge >= 0.3 is 0 Å². The molecule has 1 fully saturated rings. The van der Waals surface area contributed by atoms with Crippen molar-refractivity contribution in [3.8, 4) is 17.1 Å². The number of rotatable bonds is 6. The van der Waals surface area contributed by atoms with Crippen LogP contribution >= 0.6 is 11.8 Å². The Morgan fingerprint density at radius 1 is 1.00 bits per heavy atom. The molecule has 0 unspecified atom stereocenters. The van der Waals surface area contributed by atoms with Crippen molar-refractivity contribution < 1.29 is 9.26 Å². The number of nitrogens with zero attached hydrogens (tertiary/aromatic N) is 4. The fraction of sp³-hybridized carbons (Fsp3) is 0.333. The first-order chi connectivity index (χ1) is 13.7. The number of aromatic nitrogens is 2. The normalized spacial score (nSPS) is 15.0. The zero-order chi connectivity index (χ0) is 19.3. The second-order valence-corrected chi connectivity index (χ2v) is 7.58. The smallest absolute Gasteiger partial charge is 0.241 e. The molecule has 1 aromatic heterocycles.